The minimum atomic E-state index is -0.855. The number of carbonyl (C=O) groups excluding carboxylic acids is 3. The van der Waals surface area contributed by atoms with Crippen LogP contribution in [0.2, 0.25) is 0 Å². The van der Waals surface area contributed by atoms with Crippen LogP contribution in [-0.4, -0.2) is 125 Å². The van der Waals surface area contributed by atoms with E-state index in [1.807, 2.05) is 12.2 Å². The molecule has 0 aliphatic carbocycles. The first-order valence-corrected chi connectivity index (χ1v) is 15.9. The van der Waals surface area contributed by atoms with Crippen LogP contribution in [0.25, 0.3) is 0 Å². The third kappa shape index (κ3) is 11.7. The number of aromatic nitrogens is 1. The van der Waals surface area contributed by atoms with E-state index in [-0.39, 0.29) is 133 Å². The summed E-state index contributed by atoms with van der Waals surface area (Å²) in [7, 11) is 0. The van der Waals surface area contributed by atoms with Crippen molar-refractivity contribution in [2.75, 3.05) is 92.1 Å². The van der Waals surface area contributed by atoms with E-state index in [2.05, 4.69) is 16.0 Å². The first kappa shape index (κ1) is 38.2. The van der Waals surface area contributed by atoms with Crippen molar-refractivity contribution in [3.63, 3.8) is 0 Å². The average molecular weight is 670 g/mol. The van der Waals surface area contributed by atoms with Crippen molar-refractivity contribution in [3.05, 3.63) is 23.3 Å². The third-order valence-electron chi connectivity index (χ3n) is 7.69. The van der Waals surface area contributed by atoms with Crippen LogP contribution in [0, 0.1) is 5.41 Å². The van der Waals surface area contributed by atoms with Crippen LogP contribution in [0.5, 0.6) is 11.8 Å². The predicted octanol–water partition coefficient (Wildman–Crippen LogP) is -1.97. The number of aromatic hydroxyl groups is 2. The first-order valence-electron chi connectivity index (χ1n) is 15.9. The highest BCUT2D eigenvalue weighted by Crippen LogP contribution is 2.54. The van der Waals surface area contributed by atoms with Gasteiger partial charge in [0.05, 0.1) is 70.5 Å². The number of carbonyl (C=O) groups is 3. The minimum Gasteiger partial charge on any atom is -0.494 e. The zero-order chi connectivity index (χ0) is 34.1. The molecule has 3 heterocycles. The first-order chi connectivity index (χ1) is 22.7. The maximum Gasteiger partial charge on any atom is 0.221 e. The molecule has 0 spiro atoms. The SMILES string of the molecule is NCCC(=O)NCC(CNC(=O)CCN)(CNC(=O)CCN)COCCOCCOCCOCCn1c(O)c2c(c1O)C1C=CC2O1. The van der Waals surface area contributed by atoms with Gasteiger partial charge in [-0.1, -0.05) is 12.2 Å². The van der Waals surface area contributed by atoms with Gasteiger partial charge in [0.1, 0.15) is 12.2 Å². The van der Waals surface area contributed by atoms with Gasteiger partial charge in [-0.3, -0.25) is 19.0 Å². The standard InChI is InChI=1S/C30H51N7O10/c31-6-3-23(38)34-17-30(18-35-24(39)4-7-32,19-36-25(40)5-8-33)20-46-16-15-45-14-13-44-12-11-43-10-9-37-28(41)26-21-1-2-22(47-21)27(26)29(37)42/h1-2,21-22,41-42H,3-20,31-33H2,(H,34,38)(H,35,39)(H,36,40). The van der Waals surface area contributed by atoms with Gasteiger partial charge in [-0.05, 0) is 0 Å². The topological polar surface area (TPSA) is 257 Å². The molecule has 0 saturated carbocycles. The van der Waals surface area contributed by atoms with Crippen molar-refractivity contribution in [2.45, 2.75) is 38.0 Å². The Bertz CT molecular complexity index is 1090. The van der Waals surface area contributed by atoms with Crippen LogP contribution < -0.4 is 33.2 Å². The molecule has 2 atom stereocenters. The van der Waals surface area contributed by atoms with E-state index in [0.717, 1.165) is 0 Å². The van der Waals surface area contributed by atoms with Crippen LogP contribution in [0.3, 0.4) is 0 Å². The Morgan fingerprint density at radius 2 is 1.06 bits per heavy atom. The lowest BCUT2D eigenvalue weighted by Gasteiger charge is -2.34. The molecule has 0 fully saturated rings. The van der Waals surface area contributed by atoms with Crippen molar-refractivity contribution >= 4 is 17.7 Å². The minimum absolute atomic E-state index is 0.00106. The van der Waals surface area contributed by atoms with E-state index < -0.39 is 5.41 Å². The summed E-state index contributed by atoms with van der Waals surface area (Å²) in [4.78, 5) is 36.5. The number of nitrogens with two attached hydrogens (primary N) is 3. The molecule has 47 heavy (non-hydrogen) atoms. The second-order valence-electron chi connectivity index (χ2n) is 11.3. The number of ether oxygens (including phenoxy) is 5. The Hall–Kier alpha value is -3.29. The number of amides is 3. The molecule has 2 bridgehead atoms. The Morgan fingerprint density at radius 1 is 0.681 bits per heavy atom. The summed E-state index contributed by atoms with van der Waals surface area (Å²) in [6.45, 7) is 3.41. The second kappa shape index (κ2) is 20.2. The lowest BCUT2D eigenvalue weighted by Crippen LogP contribution is -2.54. The fourth-order valence-electron chi connectivity index (χ4n) is 5.15. The van der Waals surface area contributed by atoms with E-state index in [0.29, 0.717) is 37.6 Å². The summed E-state index contributed by atoms with van der Waals surface area (Å²) in [5.41, 5.74) is 16.9. The van der Waals surface area contributed by atoms with E-state index in [1.54, 1.807) is 0 Å². The van der Waals surface area contributed by atoms with Crippen LogP contribution >= 0.6 is 0 Å². The summed E-state index contributed by atoms with van der Waals surface area (Å²) in [5.74, 6) is -0.767. The second-order valence-corrected chi connectivity index (χ2v) is 11.3. The lowest BCUT2D eigenvalue weighted by molar-refractivity contribution is -0.122. The van der Waals surface area contributed by atoms with Crippen molar-refractivity contribution in [1.82, 2.24) is 20.5 Å². The van der Waals surface area contributed by atoms with Crippen molar-refractivity contribution < 1.29 is 48.3 Å². The Labute approximate surface area is 274 Å². The highest BCUT2D eigenvalue weighted by Gasteiger charge is 2.42. The molecular weight excluding hydrogens is 618 g/mol. The van der Waals surface area contributed by atoms with Gasteiger partial charge in [0, 0.05) is 63.9 Å². The van der Waals surface area contributed by atoms with E-state index in [9.17, 15) is 24.6 Å². The largest absolute Gasteiger partial charge is 0.494 e. The molecule has 266 valence electrons. The number of hydrogen-bond donors (Lipinski definition) is 8. The smallest absolute Gasteiger partial charge is 0.221 e. The van der Waals surface area contributed by atoms with Gasteiger partial charge in [-0.25, -0.2) is 0 Å². The van der Waals surface area contributed by atoms with E-state index >= 15 is 0 Å². The predicted molar refractivity (Wildman–Crippen MR) is 169 cm³/mol. The van der Waals surface area contributed by atoms with Gasteiger partial charge in [0.15, 0.2) is 0 Å². The normalized spacial score (nSPS) is 16.4. The van der Waals surface area contributed by atoms with Gasteiger partial charge in [-0.2, -0.15) is 0 Å². The lowest BCUT2D eigenvalue weighted by atomic mass is 9.88. The van der Waals surface area contributed by atoms with Crippen LogP contribution in [0.1, 0.15) is 42.6 Å². The van der Waals surface area contributed by atoms with Gasteiger partial charge in [0.25, 0.3) is 0 Å². The fourth-order valence-corrected chi connectivity index (χ4v) is 5.15. The van der Waals surface area contributed by atoms with E-state index in [1.165, 1.54) is 4.57 Å². The summed E-state index contributed by atoms with van der Waals surface area (Å²) in [6, 6.07) is 0. The number of rotatable bonds is 26. The van der Waals surface area contributed by atoms with Crippen molar-refractivity contribution in [3.8, 4) is 11.8 Å². The molecule has 0 saturated heterocycles. The highest BCUT2D eigenvalue weighted by atomic mass is 16.6. The Morgan fingerprint density at radius 3 is 1.47 bits per heavy atom. The molecule has 1 aromatic rings. The Kier molecular flexibility index (Phi) is 16.4. The van der Waals surface area contributed by atoms with Crippen LogP contribution in [0.15, 0.2) is 12.2 Å². The quantitative estimate of drug-likeness (QED) is 0.0394. The third-order valence-corrected chi connectivity index (χ3v) is 7.69. The molecule has 1 aromatic heterocycles. The molecule has 3 amide bonds. The van der Waals surface area contributed by atoms with E-state index in [4.69, 9.17) is 40.9 Å². The zero-order valence-electron chi connectivity index (χ0n) is 26.9. The summed E-state index contributed by atoms with van der Waals surface area (Å²) in [5, 5.41) is 29.4. The molecule has 11 N–H and O–H groups in total. The fraction of sp³-hybridized carbons (Fsp3) is 0.700. The van der Waals surface area contributed by atoms with Gasteiger partial charge >= 0.3 is 0 Å². The monoisotopic (exact) mass is 669 g/mol. The van der Waals surface area contributed by atoms with Crippen LogP contribution in [0.4, 0.5) is 0 Å². The maximum absolute atomic E-state index is 12.2. The molecule has 2 unspecified atom stereocenters. The summed E-state index contributed by atoms with van der Waals surface area (Å²) in [6.07, 6.45) is 3.50. The summed E-state index contributed by atoms with van der Waals surface area (Å²) >= 11 is 0. The number of hydrogen-bond acceptors (Lipinski definition) is 13. The molecule has 17 nitrogen and oxygen atoms in total. The molecule has 2 aliphatic heterocycles. The summed E-state index contributed by atoms with van der Waals surface area (Å²) < 4.78 is 29.6. The van der Waals surface area contributed by atoms with Gasteiger partial charge in [-0.15, -0.1) is 0 Å². The van der Waals surface area contributed by atoms with Crippen LogP contribution in [-0.2, 0) is 44.6 Å². The van der Waals surface area contributed by atoms with Crippen molar-refractivity contribution in [2.24, 2.45) is 22.6 Å². The molecule has 0 aromatic carbocycles. The molecular formula is C30H51N7O10. The molecule has 0 radical (unpaired) electrons. The maximum atomic E-state index is 12.2. The molecule has 17 heteroatoms. The molecule has 2 aliphatic rings. The number of nitrogens with zero attached hydrogens (tertiary/aromatic N) is 1. The number of fused-ring (bicyclic) bond motifs is 5. The van der Waals surface area contributed by atoms with Crippen molar-refractivity contribution in [1.29, 1.82) is 0 Å². The Balaban J connectivity index is 1.32. The molecule has 3 rings (SSSR count). The van der Waals surface area contributed by atoms with Gasteiger partial charge in [0.2, 0.25) is 29.5 Å². The zero-order valence-corrected chi connectivity index (χ0v) is 26.9. The van der Waals surface area contributed by atoms with Gasteiger partial charge < -0.3 is 67.0 Å². The highest BCUT2D eigenvalue weighted by molar-refractivity contribution is 5.77. The number of nitrogens with one attached hydrogen (secondary N) is 3. The average Bonchev–Trinajstić information content (AvgIpc) is 3.74.